The molecule has 7 nitrogen and oxygen atoms in total. The minimum atomic E-state index is -3.12. The number of aliphatic imine (C=N–C) groups is 1. The molecule has 2 atom stereocenters. The number of hydrogen-bond donors (Lipinski definition) is 1. The van der Waals surface area contributed by atoms with Crippen LogP contribution in [0.4, 0.5) is 5.69 Å². The standard InChI is InChI=1S/C15H15IN2O5S2/c16-9-3-1-2-4-10(9)18-11-7-25(22,23)8-12(11)24-15(18)17-13(19)5-6-14(20)21/h1-4,11-12H,5-8H2,(H,20,21). The summed E-state index contributed by atoms with van der Waals surface area (Å²) in [6, 6.07) is 7.24. The summed E-state index contributed by atoms with van der Waals surface area (Å²) in [6.07, 6.45) is -0.447. The average Bonchev–Trinajstić information content (AvgIpc) is 2.97. The fourth-order valence-corrected chi connectivity index (χ4v) is 7.44. The Hall–Kier alpha value is -1.14. The summed E-state index contributed by atoms with van der Waals surface area (Å²) in [5, 5.41) is 8.97. The minimum absolute atomic E-state index is 0.0258. The van der Waals surface area contributed by atoms with Gasteiger partial charge in [0.15, 0.2) is 15.0 Å². The van der Waals surface area contributed by atoms with E-state index >= 15 is 0 Å². The highest BCUT2D eigenvalue weighted by molar-refractivity contribution is 14.1. The van der Waals surface area contributed by atoms with Gasteiger partial charge in [-0.1, -0.05) is 23.9 Å². The Balaban J connectivity index is 1.94. The fourth-order valence-electron chi connectivity index (χ4n) is 2.87. The van der Waals surface area contributed by atoms with E-state index in [2.05, 4.69) is 27.6 Å². The van der Waals surface area contributed by atoms with Gasteiger partial charge in [-0.15, -0.1) is 0 Å². The zero-order valence-electron chi connectivity index (χ0n) is 13.0. The number of thioether (sulfide) groups is 1. The predicted octanol–water partition coefficient (Wildman–Crippen LogP) is 1.76. The molecule has 0 bridgehead atoms. The van der Waals surface area contributed by atoms with Crippen molar-refractivity contribution in [2.24, 2.45) is 4.99 Å². The number of carboxylic acid groups (broad SMARTS) is 1. The number of sulfone groups is 1. The van der Waals surface area contributed by atoms with Gasteiger partial charge in [0.05, 0.1) is 29.7 Å². The van der Waals surface area contributed by atoms with Crippen molar-refractivity contribution in [3.05, 3.63) is 27.8 Å². The zero-order valence-corrected chi connectivity index (χ0v) is 16.8. The number of benzene rings is 1. The van der Waals surface area contributed by atoms with Gasteiger partial charge in [-0.3, -0.25) is 9.59 Å². The second-order valence-corrected chi connectivity index (χ2v) is 10.3. The van der Waals surface area contributed by atoms with E-state index in [1.807, 2.05) is 29.2 Å². The molecule has 10 heteroatoms. The van der Waals surface area contributed by atoms with Crippen molar-refractivity contribution in [3.8, 4) is 0 Å². The molecule has 1 aromatic rings. The lowest BCUT2D eigenvalue weighted by molar-refractivity contribution is -0.138. The third-order valence-corrected chi connectivity index (χ3v) is 8.07. The lowest BCUT2D eigenvalue weighted by atomic mass is 10.2. The van der Waals surface area contributed by atoms with Gasteiger partial charge in [-0.2, -0.15) is 4.99 Å². The number of fused-ring (bicyclic) bond motifs is 1. The molecule has 2 fully saturated rings. The first kappa shape index (κ1) is 18.6. The van der Waals surface area contributed by atoms with E-state index in [1.54, 1.807) is 0 Å². The Kier molecular flexibility index (Phi) is 5.40. The molecule has 134 valence electrons. The summed E-state index contributed by atoms with van der Waals surface area (Å²) in [6.45, 7) is 0. The molecule has 25 heavy (non-hydrogen) atoms. The predicted molar refractivity (Wildman–Crippen MR) is 105 cm³/mol. The molecule has 1 N–H and O–H groups in total. The van der Waals surface area contributed by atoms with Crippen molar-refractivity contribution in [2.45, 2.75) is 24.1 Å². The molecule has 2 aliphatic rings. The van der Waals surface area contributed by atoms with Crippen molar-refractivity contribution < 1.29 is 23.1 Å². The van der Waals surface area contributed by atoms with E-state index < -0.39 is 21.7 Å². The number of halogens is 1. The number of amides is 1. The van der Waals surface area contributed by atoms with Gasteiger partial charge < -0.3 is 10.0 Å². The van der Waals surface area contributed by atoms with Gasteiger partial charge in [-0.25, -0.2) is 8.42 Å². The summed E-state index contributed by atoms with van der Waals surface area (Å²) >= 11 is 3.45. The summed E-state index contributed by atoms with van der Waals surface area (Å²) in [4.78, 5) is 28.5. The van der Waals surface area contributed by atoms with E-state index in [0.29, 0.717) is 5.17 Å². The lowest BCUT2D eigenvalue weighted by Crippen LogP contribution is -2.38. The number of carbonyl (C=O) groups is 2. The van der Waals surface area contributed by atoms with Crippen molar-refractivity contribution in [1.29, 1.82) is 0 Å². The van der Waals surface area contributed by atoms with Gasteiger partial charge in [0, 0.05) is 15.2 Å². The third kappa shape index (κ3) is 4.17. The van der Waals surface area contributed by atoms with Crippen molar-refractivity contribution in [2.75, 3.05) is 16.4 Å². The normalized spacial score (nSPS) is 26.0. The summed E-state index contributed by atoms with van der Waals surface area (Å²) in [7, 11) is -3.12. The average molecular weight is 494 g/mol. The number of aliphatic carboxylic acids is 1. The van der Waals surface area contributed by atoms with E-state index in [-0.39, 0.29) is 35.6 Å². The van der Waals surface area contributed by atoms with Crippen LogP contribution in [0.3, 0.4) is 0 Å². The maximum atomic E-state index is 12.0. The van der Waals surface area contributed by atoms with E-state index in [4.69, 9.17) is 5.11 Å². The molecule has 1 amide bonds. The molecular weight excluding hydrogens is 479 g/mol. The fraction of sp³-hybridized carbons (Fsp3) is 0.400. The SMILES string of the molecule is O=C(O)CCC(=O)N=C1SC2CS(=O)(=O)CC2N1c1ccccc1I. The van der Waals surface area contributed by atoms with Crippen molar-refractivity contribution in [3.63, 3.8) is 0 Å². The molecule has 0 saturated carbocycles. The molecule has 1 aromatic carbocycles. The number of amidine groups is 1. The van der Waals surface area contributed by atoms with Crippen LogP contribution in [0.2, 0.25) is 0 Å². The van der Waals surface area contributed by atoms with Gasteiger partial charge in [-0.05, 0) is 34.7 Å². The van der Waals surface area contributed by atoms with Crippen LogP contribution in [-0.4, -0.2) is 53.4 Å². The second-order valence-electron chi connectivity index (χ2n) is 5.80. The first-order chi connectivity index (χ1) is 11.8. The summed E-state index contributed by atoms with van der Waals surface area (Å²) in [5.41, 5.74) is 0.810. The number of nitrogens with zero attached hydrogens (tertiary/aromatic N) is 2. The van der Waals surface area contributed by atoms with Crippen LogP contribution in [0.25, 0.3) is 0 Å². The van der Waals surface area contributed by atoms with E-state index in [0.717, 1.165) is 9.26 Å². The van der Waals surface area contributed by atoms with Gasteiger partial charge in [0.25, 0.3) is 0 Å². The van der Waals surface area contributed by atoms with Crippen LogP contribution in [0.1, 0.15) is 12.8 Å². The van der Waals surface area contributed by atoms with Gasteiger partial charge in [0.1, 0.15) is 0 Å². The van der Waals surface area contributed by atoms with Crippen molar-refractivity contribution >= 4 is 66.9 Å². The molecule has 0 aromatic heterocycles. The third-order valence-electron chi connectivity index (χ3n) is 3.95. The summed E-state index contributed by atoms with van der Waals surface area (Å²) in [5.74, 6) is -1.48. The Morgan fingerprint density at radius 1 is 1.28 bits per heavy atom. The topological polar surface area (TPSA) is 104 Å². The molecule has 3 rings (SSSR count). The monoisotopic (exact) mass is 494 g/mol. The lowest BCUT2D eigenvalue weighted by Gasteiger charge is -2.25. The molecule has 0 radical (unpaired) electrons. The Labute approximate surface area is 162 Å². The first-order valence-corrected chi connectivity index (χ1v) is 11.3. The van der Waals surface area contributed by atoms with Crippen LogP contribution in [0.15, 0.2) is 29.3 Å². The van der Waals surface area contributed by atoms with Crippen LogP contribution in [0, 0.1) is 3.57 Å². The number of para-hydroxylation sites is 1. The van der Waals surface area contributed by atoms with Crippen LogP contribution in [-0.2, 0) is 19.4 Å². The smallest absolute Gasteiger partial charge is 0.303 e. The zero-order chi connectivity index (χ0) is 18.2. The Bertz CT molecular complexity index is 855. The molecule has 0 spiro atoms. The molecular formula is C15H15IN2O5S2. The Morgan fingerprint density at radius 3 is 2.68 bits per heavy atom. The first-order valence-electron chi connectivity index (χ1n) is 7.51. The highest BCUT2D eigenvalue weighted by Crippen LogP contribution is 2.42. The number of hydrogen-bond acceptors (Lipinski definition) is 5. The number of rotatable bonds is 4. The maximum absolute atomic E-state index is 12.0. The van der Waals surface area contributed by atoms with Gasteiger partial charge in [0.2, 0.25) is 5.91 Å². The maximum Gasteiger partial charge on any atom is 0.303 e. The molecule has 2 aliphatic heterocycles. The highest BCUT2D eigenvalue weighted by atomic mass is 127. The highest BCUT2D eigenvalue weighted by Gasteiger charge is 2.49. The second kappa shape index (κ2) is 7.23. The van der Waals surface area contributed by atoms with E-state index in [9.17, 15) is 18.0 Å². The van der Waals surface area contributed by atoms with E-state index in [1.165, 1.54) is 11.8 Å². The quantitative estimate of drug-likeness (QED) is 0.637. The minimum Gasteiger partial charge on any atom is -0.481 e. The van der Waals surface area contributed by atoms with Crippen LogP contribution in [0.5, 0.6) is 0 Å². The number of carboxylic acids is 1. The summed E-state index contributed by atoms with van der Waals surface area (Å²) < 4.78 is 24.9. The van der Waals surface area contributed by atoms with Crippen molar-refractivity contribution in [1.82, 2.24) is 0 Å². The van der Waals surface area contributed by atoms with Crippen LogP contribution >= 0.6 is 34.4 Å². The molecule has 2 saturated heterocycles. The molecule has 2 heterocycles. The largest absolute Gasteiger partial charge is 0.481 e. The number of carbonyl (C=O) groups excluding carboxylic acids is 1. The Morgan fingerprint density at radius 2 is 2.00 bits per heavy atom. The molecule has 2 unspecified atom stereocenters. The van der Waals surface area contributed by atoms with Gasteiger partial charge >= 0.3 is 5.97 Å². The number of anilines is 1. The molecule has 0 aliphatic carbocycles. The van der Waals surface area contributed by atoms with Crippen LogP contribution < -0.4 is 4.90 Å².